The van der Waals surface area contributed by atoms with E-state index in [1.165, 1.54) is 26.0 Å². The summed E-state index contributed by atoms with van der Waals surface area (Å²) in [5, 5.41) is 0. The molecule has 0 heterocycles. The molecule has 230 valence electrons. The molecule has 8 heteroatoms. The molecule has 46 heavy (non-hydrogen) atoms. The number of benzene rings is 3. The number of hydrogen-bond donors (Lipinski definition) is 0. The third-order valence-electron chi connectivity index (χ3n) is 5.69. The lowest BCUT2D eigenvalue weighted by Crippen LogP contribution is -2.12. The van der Waals surface area contributed by atoms with Gasteiger partial charge >= 0.3 is 23.9 Å². The third-order valence-corrected chi connectivity index (χ3v) is 5.69. The van der Waals surface area contributed by atoms with E-state index in [1.807, 2.05) is 0 Å². The molecular weight excluding hydrogens is 584 g/mol. The standard InChI is InChI=1S/C38H30O8/c1-23(2)35(39)43-31-17-11-27(12-18-31)9-15-29-21-34(46-38(42)26(7)8)30(22-33(29)45-37(41)25(5)6)16-10-28-13-19-32(20-14-28)44-36(40)24(3)4/h11-14,17-22H,1,3,5,7H2,2,4,6,8H3. The van der Waals surface area contributed by atoms with Crippen molar-refractivity contribution in [3.8, 4) is 46.7 Å². The summed E-state index contributed by atoms with van der Waals surface area (Å²) in [7, 11) is 0. The van der Waals surface area contributed by atoms with Crippen molar-refractivity contribution < 1.29 is 38.1 Å². The fourth-order valence-corrected chi connectivity index (χ4v) is 3.18. The maximum absolute atomic E-state index is 12.5. The Hall–Kier alpha value is -6.38. The van der Waals surface area contributed by atoms with Gasteiger partial charge in [0, 0.05) is 45.6 Å². The van der Waals surface area contributed by atoms with Crippen LogP contribution >= 0.6 is 0 Å². The molecule has 3 aromatic rings. The highest BCUT2D eigenvalue weighted by Crippen LogP contribution is 2.30. The van der Waals surface area contributed by atoms with Crippen LogP contribution < -0.4 is 18.9 Å². The second-order valence-electron chi connectivity index (χ2n) is 10.1. The molecule has 8 nitrogen and oxygen atoms in total. The molecule has 0 fully saturated rings. The highest BCUT2D eigenvalue weighted by atomic mass is 16.5. The zero-order chi connectivity index (χ0) is 34.0. The van der Waals surface area contributed by atoms with Gasteiger partial charge in [-0.15, -0.1) is 0 Å². The topological polar surface area (TPSA) is 105 Å². The molecular formula is C38H30O8. The Kier molecular flexibility index (Phi) is 11.4. The van der Waals surface area contributed by atoms with Crippen LogP contribution in [0.1, 0.15) is 49.9 Å². The summed E-state index contributed by atoms with van der Waals surface area (Å²) in [6.07, 6.45) is 0. The van der Waals surface area contributed by atoms with Crippen LogP contribution in [0.25, 0.3) is 0 Å². The van der Waals surface area contributed by atoms with Crippen molar-refractivity contribution in [2.24, 2.45) is 0 Å². The molecule has 0 bridgehead atoms. The smallest absolute Gasteiger partial charge is 0.338 e. The predicted octanol–water partition coefficient (Wildman–Crippen LogP) is 6.41. The monoisotopic (exact) mass is 614 g/mol. The third kappa shape index (κ3) is 9.84. The van der Waals surface area contributed by atoms with Crippen molar-refractivity contribution in [2.45, 2.75) is 27.7 Å². The second kappa shape index (κ2) is 15.4. The fourth-order valence-electron chi connectivity index (χ4n) is 3.18. The van der Waals surface area contributed by atoms with Crippen molar-refractivity contribution in [2.75, 3.05) is 0 Å². The molecule has 0 atom stereocenters. The summed E-state index contributed by atoms with van der Waals surface area (Å²) >= 11 is 0. The Bertz CT molecular complexity index is 1760. The average Bonchev–Trinajstić information content (AvgIpc) is 3.01. The van der Waals surface area contributed by atoms with Crippen LogP contribution in [0.15, 0.2) is 109 Å². The minimum absolute atomic E-state index is 0.0500. The first-order valence-corrected chi connectivity index (χ1v) is 13.7. The van der Waals surface area contributed by atoms with Crippen LogP contribution in [-0.2, 0) is 19.2 Å². The SMILES string of the molecule is C=C(C)C(=O)Oc1ccc(C#Cc2cc(OC(=O)C(=C)C)c(C#Cc3ccc(OC(=O)C(=C)C)cc3)cc2OC(=O)C(=C)C)cc1. The lowest BCUT2D eigenvalue weighted by molar-refractivity contribution is -0.131. The van der Waals surface area contributed by atoms with Gasteiger partial charge in [-0.3, -0.25) is 0 Å². The van der Waals surface area contributed by atoms with E-state index < -0.39 is 23.9 Å². The van der Waals surface area contributed by atoms with Gasteiger partial charge in [-0.2, -0.15) is 0 Å². The maximum atomic E-state index is 12.5. The Morgan fingerprint density at radius 3 is 1.02 bits per heavy atom. The summed E-state index contributed by atoms with van der Waals surface area (Å²) in [5.74, 6) is 10.0. The molecule has 0 saturated heterocycles. The summed E-state index contributed by atoms with van der Waals surface area (Å²) in [6.45, 7) is 20.4. The highest BCUT2D eigenvalue weighted by molar-refractivity contribution is 5.91. The normalized spacial score (nSPS) is 9.65. The van der Waals surface area contributed by atoms with Crippen LogP contribution in [0.4, 0.5) is 0 Å². The van der Waals surface area contributed by atoms with Crippen LogP contribution in [0.2, 0.25) is 0 Å². The number of esters is 4. The van der Waals surface area contributed by atoms with E-state index in [-0.39, 0.29) is 44.9 Å². The van der Waals surface area contributed by atoms with Crippen LogP contribution in [0.3, 0.4) is 0 Å². The van der Waals surface area contributed by atoms with Crippen molar-refractivity contribution in [3.63, 3.8) is 0 Å². The first-order chi connectivity index (χ1) is 21.7. The van der Waals surface area contributed by atoms with E-state index in [0.717, 1.165) is 0 Å². The fraction of sp³-hybridized carbons (Fsp3) is 0.105. The van der Waals surface area contributed by atoms with Gasteiger partial charge in [-0.05, 0) is 76.2 Å². The van der Waals surface area contributed by atoms with Crippen LogP contribution in [0, 0.1) is 23.7 Å². The molecule has 0 aliphatic heterocycles. The van der Waals surface area contributed by atoms with Crippen molar-refractivity contribution >= 4 is 23.9 Å². The molecule has 0 saturated carbocycles. The van der Waals surface area contributed by atoms with E-state index in [0.29, 0.717) is 22.6 Å². The van der Waals surface area contributed by atoms with Gasteiger partial charge in [-0.1, -0.05) is 50.0 Å². The van der Waals surface area contributed by atoms with Crippen LogP contribution in [-0.4, -0.2) is 23.9 Å². The van der Waals surface area contributed by atoms with E-state index in [2.05, 4.69) is 50.0 Å². The first kappa shape index (κ1) is 34.1. The second-order valence-corrected chi connectivity index (χ2v) is 10.1. The number of carbonyl (C=O) groups excluding carboxylic acids is 4. The van der Waals surface area contributed by atoms with Gasteiger partial charge in [0.25, 0.3) is 0 Å². The van der Waals surface area contributed by atoms with E-state index in [1.54, 1.807) is 62.4 Å². The number of carbonyl (C=O) groups is 4. The summed E-state index contributed by atoms with van der Waals surface area (Å²) in [4.78, 5) is 48.6. The number of rotatable bonds is 8. The summed E-state index contributed by atoms with van der Waals surface area (Å²) in [6, 6.07) is 15.7. The molecule has 0 spiro atoms. The van der Waals surface area contributed by atoms with Crippen molar-refractivity contribution in [1.82, 2.24) is 0 Å². The minimum atomic E-state index is -0.697. The molecule has 0 unspecified atom stereocenters. The Labute approximate surface area is 267 Å². The maximum Gasteiger partial charge on any atom is 0.338 e. The molecule has 3 rings (SSSR count). The van der Waals surface area contributed by atoms with Gasteiger partial charge in [-0.25, -0.2) is 19.2 Å². The van der Waals surface area contributed by atoms with Gasteiger partial charge in [0.15, 0.2) is 0 Å². The van der Waals surface area contributed by atoms with E-state index >= 15 is 0 Å². The van der Waals surface area contributed by atoms with Gasteiger partial charge in [0.1, 0.15) is 23.0 Å². The average molecular weight is 615 g/mol. The van der Waals surface area contributed by atoms with Crippen molar-refractivity contribution in [3.05, 3.63) is 132 Å². The first-order valence-electron chi connectivity index (χ1n) is 13.7. The highest BCUT2D eigenvalue weighted by Gasteiger charge is 2.17. The van der Waals surface area contributed by atoms with Crippen molar-refractivity contribution in [1.29, 1.82) is 0 Å². The Morgan fingerprint density at radius 1 is 0.457 bits per heavy atom. The van der Waals surface area contributed by atoms with Gasteiger partial charge < -0.3 is 18.9 Å². The molecule has 0 radical (unpaired) electrons. The largest absolute Gasteiger partial charge is 0.423 e. The number of ether oxygens (including phenoxy) is 4. The van der Waals surface area contributed by atoms with E-state index in [4.69, 9.17) is 18.9 Å². The molecule has 0 aromatic heterocycles. The molecule has 0 aliphatic carbocycles. The molecule has 3 aromatic carbocycles. The van der Waals surface area contributed by atoms with Gasteiger partial charge in [0.2, 0.25) is 0 Å². The zero-order valence-corrected chi connectivity index (χ0v) is 25.9. The Morgan fingerprint density at radius 2 is 0.739 bits per heavy atom. The quantitative estimate of drug-likeness (QED) is 0.124. The lowest BCUT2D eigenvalue weighted by Gasteiger charge is -2.12. The lowest BCUT2D eigenvalue weighted by atomic mass is 10.1. The summed E-state index contributed by atoms with van der Waals surface area (Å²) < 4.78 is 21.5. The van der Waals surface area contributed by atoms with Crippen LogP contribution in [0.5, 0.6) is 23.0 Å². The number of hydrogen-bond acceptors (Lipinski definition) is 8. The molecule has 0 aliphatic rings. The van der Waals surface area contributed by atoms with E-state index in [9.17, 15) is 19.2 Å². The zero-order valence-electron chi connectivity index (χ0n) is 25.9. The minimum Gasteiger partial charge on any atom is -0.423 e. The Balaban J connectivity index is 2.06. The van der Waals surface area contributed by atoms with Gasteiger partial charge in [0.05, 0.1) is 11.1 Å². The summed E-state index contributed by atoms with van der Waals surface area (Å²) in [5.41, 5.74) is 2.35. The molecule has 0 N–H and O–H groups in total. The molecule has 0 amide bonds. The predicted molar refractivity (Wildman–Crippen MR) is 173 cm³/mol.